The van der Waals surface area contributed by atoms with Crippen molar-refractivity contribution in [1.82, 2.24) is 9.80 Å². The van der Waals surface area contributed by atoms with Crippen molar-refractivity contribution in [3.05, 3.63) is 33.8 Å². The first kappa shape index (κ1) is 16.6. The number of halogens is 2. The Bertz CT molecular complexity index is 617. The lowest BCUT2D eigenvalue weighted by atomic mass is 10.1. The third-order valence-electron chi connectivity index (χ3n) is 4.28. The Balaban J connectivity index is 1.77. The van der Waals surface area contributed by atoms with E-state index in [1.165, 1.54) is 0 Å². The second-order valence-electron chi connectivity index (χ2n) is 5.72. The van der Waals surface area contributed by atoms with Crippen LogP contribution in [0, 0.1) is 0 Å². The summed E-state index contributed by atoms with van der Waals surface area (Å²) in [6.07, 6.45) is 1.50. The summed E-state index contributed by atoms with van der Waals surface area (Å²) in [6.45, 7) is 2.83. The molecule has 0 aliphatic carbocycles. The fraction of sp³-hybridized carbons (Fsp3) is 0.500. The summed E-state index contributed by atoms with van der Waals surface area (Å²) in [7, 11) is 0. The van der Waals surface area contributed by atoms with Crippen molar-refractivity contribution in [1.29, 1.82) is 0 Å². The molecule has 0 bridgehead atoms. The van der Waals surface area contributed by atoms with E-state index >= 15 is 0 Å². The molecule has 0 radical (unpaired) electrons. The average Bonchev–Trinajstić information content (AvgIpc) is 3.04. The van der Waals surface area contributed by atoms with Gasteiger partial charge in [-0.05, 0) is 31.0 Å². The quantitative estimate of drug-likeness (QED) is 0.817. The van der Waals surface area contributed by atoms with Gasteiger partial charge >= 0.3 is 0 Å². The van der Waals surface area contributed by atoms with E-state index in [1.54, 1.807) is 28.0 Å². The fourth-order valence-electron chi connectivity index (χ4n) is 3.08. The minimum absolute atomic E-state index is 0.00392. The lowest BCUT2D eigenvalue weighted by molar-refractivity contribution is -0.139. The van der Waals surface area contributed by atoms with Crippen LogP contribution < -0.4 is 0 Å². The van der Waals surface area contributed by atoms with Gasteiger partial charge < -0.3 is 14.5 Å². The van der Waals surface area contributed by atoms with Gasteiger partial charge in [0.25, 0.3) is 5.91 Å². The molecule has 1 aromatic rings. The van der Waals surface area contributed by atoms with E-state index in [9.17, 15) is 9.59 Å². The maximum Gasteiger partial charge on any atom is 0.256 e. The van der Waals surface area contributed by atoms with Crippen molar-refractivity contribution in [2.45, 2.75) is 18.9 Å². The molecule has 7 heteroatoms. The summed E-state index contributed by atoms with van der Waals surface area (Å²) in [4.78, 5) is 28.9. The minimum atomic E-state index is -0.410. The molecule has 2 heterocycles. The van der Waals surface area contributed by atoms with Crippen molar-refractivity contribution in [3.8, 4) is 0 Å². The predicted octanol–water partition coefficient (Wildman–Crippen LogP) is 2.46. The fourth-order valence-corrected chi connectivity index (χ4v) is 3.57. The van der Waals surface area contributed by atoms with E-state index in [4.69, 9.17) is 27.9 Å². The van der Waals surface area contributed by atoms with Crippen LogP contribution in [0.25, 0.3) is 0 Å². The van der Waals surface area contributed by atoms with Crippen LogP contribution in [0.5, 0.6) is 0 Å². The molecule has 2 aliphatic rings. The highest BCUT2D eigenvalue weighted by Crippen LogP contribution is 2.27. The highest BCUT2D eigenvalue weighted by Gasteiger charge is 2.37. The number of hydrogen-bond acceptors (Lipinski definition) is 3. The molecular formula is C16H18Cl2N2O3. The standard InChI is InChI=1S/C16H18Cl2N2O3/c17-11-3-4-12(13(18)10-11)15(21)20-5-1-2-14(20)16(22)19-6-8-23-9-7-19/h3-4,10,14H,1-2,5-9H2/t14-/m1/s1. The van der Waals surface area contributed by atoms with Gasteiger partial charge in [-0.2, -0.15) is 0 Å². The van der Waals surface area contributed by atoms with Crippen molar-refractivity contribution < 1.29 is 14.3 Å². The van der Waals surface area contributed by atoms with Gasteiger partial charge in [-0.15, -0.1) is 0 Å². The van der Waals surface area contributed by atoms with Crippen molar-refractivity contribution in [3.63, 3.8) is 0 Å². The summed E-state index contributed by atoms with van der Waals surface area (Å²) in [5.74, 6) is -0.208. The number of benzene rings is 1. The number of morpholine rings is 1. The summed E-state index contributed by atoms with van der Waals surface area (Å²) in [6, 6.07) is 4.38. The van der Waals surface area contributed by atoms with Crippen LogP contribution in [-0.4, -0.2) is 60.5 Å². The summed E-state index contributed by atoms with van der Waals surface area (Å²) in [5, 5.41) is 0.792. The number of ether oxygens (including phenoxy) is 1. The molecule has 23 heavy (non-hydrogen) atoms. The predicted molar refractivity (Wildman–Crippen MR) is 87.9 cm³/mol. The van der Waals surface area contributed by atoms with Gasteiger partial charge in [-0.3, -0.25) is 9.59 Å². The molecule has 3 rings (SSSR count). The van der Waals surface area contributed by atoms with E-state index in [-0.39, 0.29) is 11.8 Å². The monoisotopic (exact) mass is 356 g/mol. The Morgan fingerprint density at radius 2 is 1.87 bits per heavy atom. The van der Waals surface area contributed by atoms with Gasteiger partial charge in [0, 0.05) is 24.7 Å². The van der Waals surface area contributed by atoms with Gasteiger partial charge in [0.1, 0.15) is 6.04 Å². The van der Waals surface area contributed by atoms with Crippen LogP contribution in [-0.2, 0) is 9.53 Å². The van der Waals surface area contributed by atoms with E-state index in [0.29, 0.717) is 54.9 Å². The number of rotatable bonds is 2. The first-order valence-corrected chi connectivity index (χ1v) is 8.46. The van der Waals surface area contributed by atoms with Crippen LogP contribution in [0.4, 0.5) is 0 Å². The van der Waals surface area contributed by atoms with E-state index < -0.39 is 6.04 Å². The van der Waals surface area contributed by atoms with E-state index in [2.05, 4.69) is 0 Å². The van der Waals surface area contributed by atoms with Crippen molar-refractivity contribution >= 4 is 35.0 Å². The molecule has 5 nitrogen and oxygen atoms in total. The van der Waals surface area contributed by atoms with Gasteiger partial charge in [0.05, 0.1) is 23.8 Å². The molecule has 0 saturated carbocycles. The number of carbonyl (C=O) groups is 2. The largest absolute Gasteiger partial charge is 0.378 e. The minimum Gasteiger partial charge on any atom is -0.378 e. The smallest absolute Gasteiger partial charge is 0.256 e. The Hall–Kier alpha value is -1.30. The molecule has 2 saturated heterocycles. The molecule has 0 spiro atoms. The third-order valence-corrected chi connectivity index (χ3v) is 4.83. The van der Waals surface area contributed by atoms with Crippen LogP contribution in [0.3, 0.4) is 0 Å². The van der Waals surface area contributed by atoms with E-state index in [0.717, 1.165) is 6.42 Å². The SMILES string of the molecule is O=C([C@H]1CCCN1C(=O)c1ccc(Cl)cc1Cl)N1CCOCC1. The zero-order chi connectivity index (χ0) is 16.4. The average molecular weight is 357 g/mol. The zero-order valence-electron chi connectivity index (χ0n) is 12.6. The first-order chi connectivity index (χ1) is 11.1. The van der Waals surface area contributed by atoms with Crippen LogP contribution in [0.15, 0.2) is 18.2 Å². The van der Waals surface area contributed by atoms with Gasteiger partial charge in [0.2, 0.25) is 5.91 Å². The third kappa shape index (κ3) is 3.47. The van der Waals surface area contributed by atoms with Gasteiger partial charge in [-0.1, -0.05) is 23.2 Å². The second kappa shape index (κ2) is 7.07. The lowest BCUT2D eigenvalue weighted by Gasteiger charge is -2.32. The molecule has 2 amide bonds. The number of hydrogen-bond donors (Lipinski definition) is 0. The Morgan fingerprint density at radius 1 is 1.13 bits per heavy atom. The van der Waals surface area contributed by atoms with Crippen LogP contribution >= 0.6 is 23.2 Å². The zero-order valence-corrected chi connectivity index (χ0v) is 14.1. The molecule has 124 valence electrons. The molecule has 2 fully saturated rings. The molecule has 1 aromatic carbocycles. The normalized spacial score (nSPS) is 21.6. The number of nitrogens with zero attached hydrogens (tertiary/aromatic N) is 2. The summed E-state index contributed by atoms with van der Waals surface area (Å²) < 4.78 is 5.28. The number of likely N-dealkylation sites (tertiary alicyclic amines) is 1. The second-order valence-corrected chi connectivity index (χ2v) is 6.56. The van der Waals surface area contributed by atoms with Crippen LogP contribution in [0.1, 0.15) is 23.2 Å². The molecule has 1 atom stereocenters. The molecule has 2 aliphatic heterocycles. The maximum absolute atomic E-state index is 12.8. The molecular weight excluding hydrogens is 339 g/mol. The van der Waals surface area contributed by atoms with Gasteiger partial charge in [0.15, 0.2) is 0 Å². The Morgan fingerprint density at radius 3 is 2.57 bits per heavy atom. The summed E-state index contributed by atoms with van der Waals surface area (Å²) >= 11 is 12.0. The molecule has 0 unspecified atom stereocenters. The maximum atomic E-state index is 12.8. The van der Waals surface area contributed by atoms with Crippen molar-refractivity contribution in [2.24, 2.45) is 0 Å². The molecule has 0 aromatic heterocycles. The highest BCUT2D eigenvalue weighted by molar-refractivity contribution is 6.36. The van der Waals surface area contributed by atoms with Crippen LogP contribution in [0.2, 0.25) is 10.0 Å². The Labute approximate surface area is 145 Å². The summed E-state index contributed by atoms with van der Waals surface area (Å²) in [5.41, 5.74) is 0.387. The van der Waals surface area contributed by atoms with E-state index in [1.807, 2.05) is 0 Å². The number of carbonyl (C=O) groups excluding carboxylic acids is 2. The Kier molecular flexibility index (Phi) is 5.09. The van der Waals surface area contributed by atoms with Gasteiger partial charge in [-0.25, -0.2) is 0 Å². The molecule has 0 N–H and O–H groups in total. The number of amides is 2. The highest BCUT2D eigenvalue weighted by atomic mass is 35.5. The first-order valence-electron chi connectivity index (χ1n) is 7.70. The lowest BCUT2D eigenvalue weighted by Crippen LogP contribution is -2.51. The topological polar surface area (TPSA) is 49.9 Å². The van der Waals surface area contributed by atoms with Crippen molar-refractivity contribution in [2.75, 3.05) is 32.8 Å².